The second-order valence-electron chi connectivity index (χ2n) is 5.48. The van der Waals surface area contributed by atoms with Crippen LogP contribution in [0.5, 0.6) is 0 Å². The molecule has 20 heavy (non-hydrogen) atoms. The number of hydrogen-bond acceptors (Lipinski definition) is 2. The molecule has 1 aromatic heterocycles. The Morgan fingerprint density at radius 2 is 2.10 bits per heavy atom. The number of nitrogens with one attached hydrogen (secondary N) is 1. The number of imidazole rings is 1. The van der Waals surface area contributed by atoms with Crippen LogP contribution >= 0.6 is 24.0 Å². The average molecular weight is 391 g/mol. The molecule has 0 radical (unpaired) electrons. The number of nitrogens with zero attached hydrogens (tertiary/aromatic N) is 4. The molecule has 2 heterocycles. The summed E-state index contributed by atoms with van der Waals surface area (Å²) in [5, 5.41) is 3.42. The molecule has 0 bridgehead atoms. The fourth-order valence-electron chi connectivity index (χ4n) is 2.49. The van der Waals surface area contributed by atoms with Crippen LogP contribution in [0.15, 0.2) is 17.4 Å². The summed E-state index contributed by atoms with van der Waals surface area (Å²) in [6.45, 7) is 8.42. The minimum atomic E-state index is 0. The summed E-state index contributed by atoms with van der Waals surface area (Å²) in [6, 6.07) is 0. The number of hydrogen-bond donors (Lipinski definition) is 1. The predicted molar refractivity (Wildman–Crippen MR) is 93.5 cm³/mol. The SMILES string of the molecule is CN=C(NCc1nccn1CC(C)C)N1CCCC1.I. The van der Waals surface area contributed by atoms with Gasteiger partial charge in [-0.15, -0.1) is 24.0 Å². The topological polar surface area (TPSA) is 45.5 Å². The van der Waals surface area contributed by atoms with Crippen molar-refractivity contribution in [3.05, 3.63) is 18.2 Å². The molecule has 1 aliphatic heterocycles. The summed E-state index contributed by atoms with van der Waals surface area (Å²) in [7, 11) is 1.85. The van der Waals surface area contributed by atoms with Crippen molar-refractivity contribution in [1.29, 1.82) is 0 Å². The van der Waals surface area contributed by atoms with Gasteiger partial charge in [-0.05, 0) is 18.8 Å². The Balaban J connectivity index is 0.00000200. The lowest BCUT2D eigenvalue weighted by Crippen LogP contribution is -2.39. The molecule has 1 saturated heterocycles. The van der Waals surface area contributed by atoms with Gasteiger partial charge in [-0.2, -0.15) is 0 Å². The molecule has 1 N–H and O–H groups in total. The van der Waals surface area contributed by atoms with Crippen molar-refractivity contribution in [2.45, 2.75) is 39.8 Å². The standard InChI is InChI=1S/C14H25N5.HI/c1-12(2)11-19-9-6-16-13(19)10-17-14(15-3)18-7-4-5-8-18;/h6,9,12H,4-5,7-8,10-11H2,1-3H3,(H,15,17);1H. The monoisotopic (exact) mass is 391 g/mol. The van der Waals surface area contributed by atoms with Crippen molar-refractivity contribution in [3.8, 4) is 0 Å². The van der Waals surface area contributed by atoms with Crippen LogP contribution in [-0.4, -0.2) is 40.5 Å². The largest absolute Gasteiger partial charge is 0.349 e. The highest BCUT2D eigenvalue weighted by atomic mass is 127. The zero-order chi connectivity index (χ0) is 13.7. The molecule has 2 rings (SSSR count). The van der Waals surface area contributed by atoms with Crippen molar-refractivity contribution in [2.24, 2.45) is 10.9 Å². The van der Waals surface area contributed by atoms with Crippen LogP contribution in [0, 0.1) is 5.92 Å². The number of aliphatic imine (C=N–C) groups is 1. The third-order valence-electron chi connectivity index (χ3n) is 3.39. The zero-order valence-electron chi connectivity index (χ0n) is 12.7. The molecule has 1 fully saturated rings. The van der Waals surface area contributed by atoms with Gasteiger partial charge in [0, 0.05) is 39.1 Å². The Labute approximate surface area is 138 Å². The highest BCUT2D eigenvalue weighted by molar-refractivity contribution is 14.0. The minimum Gasteiger partial charge on any atom is -0.349 e. The third kappa shape index (κ3) is 4.64. The molecular formula is C14H26IN5. The minimum absolute atomic E-state index is 0. The van der Waals surface area contributed by atoms with Crippen molar-refractivity contribution < 1.29 is 0 Å². The van der Waals surface area contributed by atoms with E-state index in [4.69, 9.17) is 0 Å². The molecule has 5 nitrogen and oxygen atoms in total. The summed E-state index contributed by atoms with van der Waals surface area (Å²) in [6.07, 6.45) is 6.46. The molecule has 1 aromatic rings. The van der Waals surface area contributed by atoms with E-state index in [1.807, 2.05) is 13.2 Å². The fraction of sp³-hybridized carbons (Fsp3) is 0.714. The molecule has 6 heteroatoms. The van der Waals surface area contributed by atoms with Gasteiger partial charge < -0.3 is 14.8 Å². The number of likely N-dealkylation sites (tertiary alicyclic amines) is 1. The fourth-order valence-corrected chi connectivity index (χ4v) is 2.49. The quantitative estimate of drug-likeness (QED) is 0.487. The molecule has 1 aliphatic rings. The van der Waals surface area contributed by atoms with Crippen molar-refractivity contribution in [1.82, 2.24) is 19.8 Å². The van der Waals surface area contributed by atoms with E-state index < -0.39 is 0 Å². The van der Waals surface area contributed by atoms with Gasteiger partial charge in [0.1, 0.15) is 5.82 Å². The smallest absolute Gasteiger partial charge is 0.194 e. The highest BCUT2D eigenvalue weighted by Crippen LogP contribution is 2.08. The average Bonchev–Trinajstić information content (AvgIpc) is 3.01. The van der Waals surface area contributed by atoms with E-state index in [1.54, 1.807) is 0 Å². The third-order valence-corrected chi connectivity index (χ3v) is 3.39. The first-order chi connectivity index (χ1) is 9.20. The molecule has 0 spiro atoms. The second-order valence-corrected chi connectivity index (χ2v) is 5.48. The number of guanidine groups is 1. The van der Waals surface area contributed by atoms with Crippen LogP contribution in [-0.2, 0) is 13.1 Å². The Bertz CT molecular complexity index is 421. The first-order valence-corrected chi connectivity index (χ1v) is 7.16. The maximum absolute atomic E-state index is 4.43. The Kier molecular flexibility index (Phi) is 7.32. The van der Waals surface area contributed by atoms with E-state index in [2.05, 4.69) is 44.8 Å². The van der Waals surface area contributed by atoms with Gasteiger partial charge in [-0.3, -0.25) is 4.99 Å². The highest BCUT2D eigenvalue weighted by Gasteiger charge is 2.16. The van der Waals surface area contributed by atoms with Crippen LogP contribution in [0.1, 0.15) is 32.5 Å². The lowest BCUT2D eigenvalue weighted by molar-refractivity contribution is 0.480. The van der Waals surface area contributed by atoms with Gasteiger partial charge >= 0.3 is 0 Å². The van der Waals surface area contributed by atoms with Crippen LogP contribution in [0.4, 0.5) is 0 Å². The Morgan fingerprint density at radius 3 is 2.70 bits per heavy atom. The molecule has 114 valence electrons. The first-order valence-electron chi connectivity index (χ1n) is 7.16. The van der Waals surface area contributed by atoms with Crippen LogP contribution in [0.25, 0.3) is 0 Å². The second kappa shape index (κ2) is 8.49. The van der Waals surface area contributed by atoms with E-state index in [-0.39, 0.29) is 24.0 Å². The van der Waals surface area contributed by atoms with E-state index in [1.165, 1.54) is 12.8 Å². The number of rotatable bonds is 4. The summed E-state index contributed by atoms with van der Waals surface area (Å²) >= 11 is 0. The Hall–Kier alpha value is -0.790. The maximum Gasteiger partial charge on any atom is 0.194 e. The number of halogens is 1. The van der Waals surface area contributed by atoms with Crippen molar-refractivity contribution >= 4 is 29.9 Å². The normalized spacial score (nSPS) is 15.6. The molecule has 0 amide bonds. The van der Waals surface area contributed by atoms with E-state index >= 15 is 0 Å². The molecule has 0 aliphatic carbocycles. The first kappa shape index (κ1) is 17.3. The Morgan fingerprint density at radius 1 is 1.40 bits per heavy atom. The van der Waals surface area contributed by atoms with E-state index in [9.17, 15) is 0 Å². The van der Waals surface area contributed by atoms with Crippen molar-refractivity contribution in [2.75, 3.05) is 20.1 Å². The van der Waals surface area contributed by atoms with Gasteiger partial charge in [-0.1, -0.05) is 13.8 Å². The molecular weight excluding hydrogens is 365 g/mol. The lowest BCUT2D eigenvalue weighted by atomic mass is 10.2. The van der Waals surface area contributed by atoms with Gasteiger partial charge in [-0.25, -0.2) is 4.98 Å². The maximum atomic E-state index is 4.43. The summed E-state index contributed by atoms with van der Waals surface area (Å²) in [5.41, 5.74) is 0. The summed E-state index contributed by atoms with van der Waals surface area (Å²) in [5.74, 6) is 2.71. The van der Waals surface area contributed by atoms with Gasteiger partial charge in [0.05, 0.1) is 6.54 Å². The molecule has 0 saturated carbocycles. The van der Waals surface area contributed by atoms with Crippen molar-refractivity contribution in [3.63, 3.8) is 0 Å². The summed E-state index contributed by atoms with van der Waals surface area (Å²) in [4.78, 5) is 11.1. The van der Waals surface area contributed by atoms with E-state index in [0.717, 1.165) is 38.0 Å². The molecule has 0 aromatic carbocycles. The molecule has 0 atom stereocenters. The van der Waals surface area contributed by atoms with Crippen LogP contribution in [0.2, 0.25) is 0 Å². The lowest BCUT2D eigenvalue weighted by Gasteiger charge is -2.21. The van der Waals surface area contributed by atoms with Gasteiger partial charge in [0.15, 0.2) is 5.96 Å². The predicted octanol–water partition coefficient (Wildman–Crippen LogP) is 2.33. The molecule has 0 unspecified atom stereocenters. The number of aromatic nitrogens is 2. The van der Waals surface area contributed by atoms with Crippen LogP contribution in [0.3, 0.4) is 0 Å². The van der Waals surface area contributed by atoms with Crippen LogP contribution < -0.4 is 5.32 Å². The van der Waals surface area contributed by atoms with Gasteiger partial charge in [0.2, 0.25) is 0 Å². The van der Waals surface area contributed by atoms with E-state index in [0.29, 0.717) is 5.92 Å². The van der Waals surface area contributed by atoms with Gasteiger partial charge in [0.25, 0.3) is 0 Å². The zero-order valence-corrected chi connectivity index (χ0v) is 15.0. The summed E-state index contributed by atoms with van der Waals surface area (Å²) < 4.78 is 2.22.